The van der Waals surface area contributed by atoms with Crippen LogP contribution in [0.25, 0.3) is 0 Å². The summed E-state index contributed by atoms with van der Waals surface area (Å²) >= 11 is 0. The molecule has 0 saturated carbocycles. The Hall–Kier alpha value is -0.460. The minimum Gasteiger partial charge on any atom is -0.378 e. The van der Waals surface area contributed by atoms with Crippen molar-refractivity contribution in [2.75, 3.05) is 31.3 Å². The summed E-state index contributed by atoms with van der Waals surface area (Å²) < 4.78 is 34.2. The molecule has 0 aromatic heterocycles. The van der Waals surface area contributed by atoms with Gasteiger partial charge in [0.1, 0.15) is 5.78 Å². The number of ether oxygens (including phenoxy) is 2. The van der Waals surface area contributed by atoms with Gasteiger partial charge in [-0.25, -0.2) is 8.42 Å². The molecule has 3 aliphatic rings. The van der Waals surface area contributed by atoms with Crippen molar-refractivity contribution in [3.05, 3.63) is 0 Å². The fourth-order valence-corrected chi connectivity index (χ4v) is 5.24. The van der Waals surface area contributed by atoms with E-state index in [2.05, 4.69) is 0 Å². The number of hydrogen-bond donors (Lipinski definition) is 0. The van der Waals surface area contributed by atoms with Crippen molar-refractivity contribution >= 4 is 15.6 Å². The molecule has 0 radical (unpaired) electrons. The Bertz CT molecular complexity index is 463. The van der Waals surface area contributed by atoms with Crippen LogP contribution in [0, 0.1) is 11.8 Å². The SMILES string of the molecule is O=C(C1CCOC2(CCOC2)C1)C1CCS(=O)(=O)C1. The summed E-state index contributed by atoms with van der Waals surface area (Å²) in [5.41, 5.74) is -0.282. The average Bonchev–Trinajstić information content (AvgIpc) is 2.96. The molecular formula is C13H20O5S. The van der Waals surface area contributed by atoms with Crippen molar-refractivity contribution in [2.45, 2.75) is 31.3 Å². The van der Waals surface area contributed by atoms with Gasteiger partial charge in [0.05, 0.1) is 23.7 Å². The van der Waals surface area contributed by atoms with Gasteiger partial charge < -0.3 is 9.47 Å². The molecule has 6 heteroatoms. The number of sulfone groups is 1. The van der Waals surface area contributed by atoms with Crippen molar-refractivity contribution < 1.29 is 22.7 Å². The van der Waals surface area contributed by atoms with Crippen LogP contribution in [0.5, 0.6) is 0 Å². The number of ketones is 1. The van der Waals surface area contributed by atoms with Gasteiger partial charge in [0.2, 0.25) is 0 Å². The summed E-state index contributed by atoms with van der Waals surface area (Å²) in [5, 5.41) is 0. The molecule has 0 amide bonds. The normalized spacial score (nSPS) is 41.7. The van der Waals surface area contributed by atoms with E-state index in [9.17, 15) is 13.2 Å². The zero-order valence-electron chi connectivity index (χ0n) is 11.0. The molecule has 3 unspecified atom stereocenters. The monoisotopic (exact) mass is 288 g/mol. The molecule has 3 aliphatic heterocycles. The van der Waals surface area contributed by atoms with Crippen molar-refractivity contribution in [3.8, 4) is 0 Å². The Labute approximate surface area is 113 Å². The van der Waals surface area contributed by atoms with E-state index in [-0.39, 0.29) is 34.7 Å². The van der Waals surface area contributed by atoms with Gasteiger partial charge in [-0.05, 0) is 19.3 Å². The third-order valence-electron chi connectivity index (χ3n) is 4.60. The van der Waals surface area contributed by atoms with Crippen molar-refractivity contribution in [3.63, 3.8) is 0 Å². The second kappa shape index (κ2) is 4.82. The van der Waals surface area contributed by atoms with Gasteiger partial charge in [0.15, 0.2) is 9.84 Å². The van der Waals surface area contributed by atoms with Crippen LogP contribution in [-0.4, -0.2) is 51.1 Å². The Kier molecular flexibility index (Phi) is 3.43. The maximum atomic E-state index is 12.5. The minimum atomic E-state index is -2.98. The first-order valence-corrected chi connectivity index (χ1v) is 8.78. The molecule has 1 spiro atoms. The highest BCUT2D eigenvalue weighted by Gasteiger charge is 2.45. The molecule has 3 heterocycles. The summed E-state index contributed by atoms with van der Waals surface area (Å²) in [7, 11) is -2.98. The van der Waals surface area contributed by atoms with E-state index in [1.165, 1.54) is 0 Å². The molecule has 19 heavy (non-hydrogen) atoms. The maximum Gasteiger partial charge on any atom is 0.151 e. The first kappa shape index (κ1) is 13.5. The summed E-state index contributed by atoms with van der Waals surface area (Å²) in [5.74, 6) is 0.0185. The molecule has 0 N–H and O–H groups in total. The lowest BCUT2D eigenvalue weighted by molar-refractivity contribution is -0.140. The van der Waals surface area contributed by atoms with Gasteiger partial charge >= 0.3 is 0 Å². The van der Waals surface area contributed by atoms with Crippen LogP contribution < -0.4 is 0 Å². The topological polar surface area (TPSA) is 69.7 Å². The summed E-state index contributed by atoms with van der Waals surface area (Å²) in [4.78, 5) is 12.5. The molecule has 3 rings (SSSR count). The lowest BCUT2D eigenvalue weighted by Gasteiger charge is -2.37. The molecule has 3 saturated heterocycles. The van der Waals surface area contributed by atoms with Gasteiger partial charge in [-0.1, -0.05) is 0 Å². The Morgan fingerprint density at radius 3 is 2.63 bits per heavy atom. The van der Waals surface area contributed by atoms with Crippen LogP contribution in [0.15, 0.2) is 0 Å². The molecule has 5 nitrogen and oxygen atoms in total. The van der Waals surface area contributed by atoms with Gasteiger partial charge in [0.25, 0.3) is 0 Å². The van der Waals surface area contributed by atoms with Gasteiger partial charge in [0, 0.05) is 31.5 Å². The van der Waals surface area contributed by atoms with Crippen LogP contribution in [0.4, 0.5) is 0 Å². The van der Waals surface area contributed by atoms with Crippen molar-refractivity contribution in [1.29, 1.82) is 0 Å². The quantitative estimate of drug-likeness (QED) is 0.743. The molecule has 3 atom stereocenters. The van der Waals surface area contributed by atoms with E-state index < -0.39 is 9.84 Å². The van der Waals surface area contributed by atoms with E-state index in [0.717, 1.165) is 12.8 Å². The minimum absolute atomic E-state index is 0.0475. The van der Waals surface area contributed by atoms with E-state index >= 15 is 0 Å². The van der Waals surface area contributed by atoms with Crippen LogP contribution in [0.1, 0.15) is 25.7 Å². The largest absolute Gasteiger partial charge is 0.378 e. The maximum absolute atomic E-state index is 12.5. The molecule has 0 aliphatic carbocycles. The van der Waals surface area contributed by atoms with Crippen LogP contribution in [0.2, 0.25) is 0 Å². The van der Waals surface area contributed by atoms with Crippen LogP contribution >= 0.6 is 0 Å². The molecule has 0 aromatic rings. The predicted octanol–water partition coefficient (Wildman–Crippen LogP) is 0.576. The van der Waals surface area contributed by atoms with Gasteiger partial charge in [-0.15, -0.1) is 0 Å². The van der Waals surface area contributed by atoms with Gasteiger partial charge in [-0.3, -0.25) is 4.79 Å². The van der Waals surface area contributed by atoms with Crippen molar-refractivity contribution in [2.24, 2.45) is 11.8 Å². The zero-order chi connectivity index (χ0) is 13.5. The number of hydrogen-bond acceptors (Lipinski definition) is 5. The van der Waals surface area contributed by atoms with E-state index in [0.29, 0.717) is 32.7 Å². The smallest absolute Gasteiger partial charge is 0.151 e. The lowest BCUT2D eigenvalue weighted by Crippen LogP contribution is -2.43. The van der Waals surface area contributed by atoms with E-state index in [4.69, 9.17) is 9.47 Å². The number of rotatable bonds is 2. The second-order valence-corrected chi connectivity index (χ2v) is 8.25. The summed E-state index contributed by atoms with van der Waals surface area (Å²) in [6, 6.07) is 0. The molecule has 0 aromatic carbocycles. The summed E-state index contributed by atoms with van der Waals surface area (Å²) in [6.07, 6.45) is 2.77. The lowest BCUT2D eigenvalue weighted by atomic mass is 9.79. The molecular weight excluding hydrogens is 268 g/mol. The van der Waals surface area contributed by atoms with E-state index in [1.54, 1.807) is 0 Å². The highest BCUT2D eigenvalue weighted by molar-refractivity contribution is 7.91. The third-order valence-corrected chi connectivity index (χ3v) is 6.37. The average molecular weight is 288 g/mol. The Morgan fingerprint density at radius 1 is 1.16 bits per heavy atom. The third kappa shape index (κ3) is 2.71. The second-order valence-electron chi connectivity index (χ2n) is 6.03. The molecule has 108 valence electrons. The van der Waals surface area contributed by atoms with Gasteiger partial charge in [-0.2, -0.15) is 0 Å². The first-order valence-electron chi connectivity index (χ1n) is 6.96. The van der Waals surface area contributed by atoms with E-state index in [1.807, 2.05) is 0 Å². The highest BCUT2D eigenvalue weighted by Crippen LogP contribution is 2.38. The zero-order valence-corrected chi connectivity index (χ0v) is 11.8. The number of carbonyl (C=O) groups is 1. The first-order chi connectivity index (χ1) is 9.00. The van der Waals surface area contributed by atoms with Crippen molar-refractivity contribution in [1.82, 2.24) is 0 Å². The number of Topliss-reactive ketones (excluding diaryl/α,β-unsaturated/α-hetero) is 1. The number of carbonyl (C=O) groups excluding carboxylic acids is 1. The standard InChI is InChI=1S/C13H20O5S/c14-12(11-2-6-19(15,16)8-11)10-1-4-18-13(7-10)3-5-17-9-13/h10-11H,1-9H2. The Balaban J connectivity index is 1.67. The predicted molar refractivity (Wildman–Crippen MR) is 68.6 cm³/mol. The molecule has 3 fully saturated rings. The fourth-order valence-electron chi connectivity index (χ4n) is 3.49. The van der Waals surface area contributed by atoms with Crippen LogP contribution in [0.3, 0.4) is 0 Å². The molecule has 0 bridgehead atoms. The highest BCUT2D eigenvalue weighted by atomic mass is 32.2. The van der Waals surface area contributed by atoms with Crippen LogP contribution in [-0.2, 0) is 24.1 Å². The fraction of sp³-hybridized carbons (Fsp3) is 0.923. The Morgan fingerprint density at radius 2 is 2.00 bits per heavy atom. The summed E-state index contributed by atoms with van der Waals surface area (Å²) in [6.45, 7) is 1.84.